The SMILES string of the molecule is C[C@@H](NC(=O)c1cc(F)c(F)cc1Cl)[C@H]1CCCO1. The number of rotatable bonds is 3. The number of hydrogen-bond donors (Lipinski definition) is 1. The molecule has 1 aliphatic rings. The summed E-state index contributed by atoms with van der Waals surface area (Å²) < 4.78 is 31.5. The van der Waals surface area contributed by atoms with Crippen LogP contribution in [-0.2, 0) is 4.74 Å². The van der Waals surface area contributed by atoms with Gasteiger partial charge in [-0.25, -0.2) is 8.78 Å². The number of amides is 1. The van der Waals surface area contributed by atoms with Crippen LogP contribution in [-0.4, -0.2) is 24.7 Å². The summed E-state index contributed by atoms with van der Waals surface area (Å²) >= 11 is 5.74. The molecule has 19 heavy (non-hydrogen) atoms. The molecule has 0 spiro atoms. The van der Waals surface area contributed by atoms with Gasteiger partial charge in [-0.1, -0.05) is 11.6 Å². The van der Waals surface area contributed by atoms with E-state index in [0.717, 1.165) is 25.0 Å². The molecule has 0 aromatic heterocycles. The minimum Gasteiger partial charge on any atom is -0.376 e. The largest absolute Gasteiger partial charge is 0.376 e. The van der Waals surface area contributed by atoms with Gasteiger partial charge in [0.25, 0.3) is 5.91 Å². The Morgan fingerprint density at radius 3 is 2.79 bits per heavy atom. The van der Waals surface area contributed by atoms with Gasteiger partial charge in [0.1, 0.15) is 0 Å². The Morgan fingerprint density at radius 2 is 2.16 bits per heavy atom. The fourth-order valence-corrected chi connectivity index (χ4v) is 2.31. The molecule has 104 valence electrons. The molecular formula is C13H14ClF2NO2. The topological polar surface area (TPSA) is 38.3 Å². The Bertz CT molecular complexity index is 490. The lowest BCUT2D eigenvalue weighted by Gasteiger charge is -2.20. The third-order valence-corrected chi connectivity index (χ3v) is 3.45. The molecule has 1 fully saturated rings. The maximum Gasteiger partial charge on any atom is 0.253 e. The van der Waals surface area contributed by atoms with Gasteiger partial charge in [-0.3, -0.25) is 4.79 Å². The number of benzene rings is 1. The predicted molar refractivity (Wildman–Crippen MR) is 67.3 cm³/mol. The summed E-state index contributed by atoms with van der Waals surface area (Å²) in [6.07, 6.45) is 1.78. The number of halogens is 3. The molecule has 2 rings (SSSR count). The molecule has 1 N–H and O–H groups in total. The van der Waals surface area contributed by atoms with Crippen LogP contribution < -0.4 is 5.32 Å². The van der Waals surface area contributed by atoms with Crippen molar-refractivity contribution in [2.45, 2.75) is 31.9 Å². The van der Waals surface area contributed by atoms with Crippen LogP contribution in [0.25, 0.3) is 0 Å². The van der Waals surface area contributed by atoms with Gasteiger partial charge < -0.3 is 10.1 Å². The van der Waals surface area contributed by atoms with Crippen molar-refractivity contribution < 1.29 is 18.3 Å². The zero-order chi connectivity index (χ0) is 14.0. The van der Waals surface area contributed by atoms with Gasteiger partial charge in [-0.2, -0.15) is 0 Å². The first-order valence-corrected chi connectivity index (χ1v) is 6.44. The second kappa shape index (κ2) is 5.84. The van der Waals surface area contributed by atoms with Crippen molar-refractivity contribution in [2.75, 3.05) is 6.61 Å². The molecule has 1 aliphatic heterocycles. The molecule has 0 radical (unpaired) electrons. The predicted octanol–water partition coefficient (Wildman–Crippen LogP) is 2.92. The van der Waals surface area contributed by atoms with E-state index in [4.69, 9.17) is 16.3 Å². The molecule has 0 bridgehead atoms. The van der Waals surface area contributed by atoms with E-state index in [1.165, 1.54) is 0 Å². The van der Waals surface area contributed by atoms with E-state index >= 15 is 0 Å². The maximum absolute atomic E-state index is 13.1. The van der Waals surface area contributed by atoms with E-state index in [-0.39, 0.29) is 22.7 Å². The Hall–Kier alpha value is -1.20. The molecule has 1 heterocycles. The Labute approximate surface area is 114 Å². The molecule has 1 amide bonds. The van der Waals surface area contributed by atoms with Crippen LogP contribution in [0.2, 0.25) is 5.02 Å². The average Bonchev–Trinajstić information content (AvgIpc) is 2.87. The smallest absolute Gasteiger partial charge is 0.253 e. The van der Waals surface area contributed by atoms with Crippen LogP contribution in [0.5, 0.6) is 0 Å². The zero-order valence-corrected chi connectivity index (χ0v) is 11.1. The molecule has 3 nitrogen and oxygen atoms in total. The first-order chi connectivity index (χ1) is 8.99. The molecule has 0 unspecified atom stereocenters. The maximum atomic E-state index is 13.1. The number of hydrogen-bond acceptors (Lipinski definition) is 2. The van der Waals surface area contributed by atoms with Crippen molar-refractivity contribution in [1.29, 1.82) is 0 Å². The number of nitrogens with one attached hydrogen (secondary N) is 1. The van der Waals surface area contributed by atoms with Crippen LogP contribution in [0.4, 0.5) is 8.78 Å². The highest BCUT2D eigenvalue weighted by Gasteiger charge is 2.25. The first kappa shape index (κ1) is 14.2. The molecule has 2 atom stereocenters. The summed E-state index contributed by atoms with van der Waals surface area (Å²) in [7, 11) is 0. The van der Waals surface area contributed by atoms with Crippen molar-refractivity contribution >= 4 is 17.5 Å². The number of carbonyl (C=O) groups is 1. The minimum atomic E-state index is -1.10. The molecular weight excluding hydrogens is 276 g/mol. The zero-order valence-electron chi connectivity index (χ0n) is 10.4. The lowest BCUT2D eigenvalue weighted by atomic mass is 10.1. The van der Waals surface area contributed by atoms with E-state index in [0.29, 0.717) is 6.61 Å². The van der Waals surface area contributed by atoms with Gasteiger partial charge in [0.05, 0.1) is 22.7 Å². The normalized spacial score (nSPS) is 20.3. The van der Waals surface area contributed by atoms with Crippen molar-refractivity contribution in [3.05, 3.63) is 34.4 Å². The second-order valence-electron chi connectivity index (χ2n) is 4.56. The third kappa shape index (κ3) is 3.22. The second-order valence-corrected chi connectivity index (χ2v) is 4.97. The van der Waals surface area contributed by atoms with Crippen LogP contribution in [0, 0.1) is 11.6 Å². The van der Waals surface area contributed by atoms with Gasteiger partial charge >= 0.3 is 0 Å². The van der Waals surface area contributed by atoms with Gasteiger partial charge in [-0.05, 0) is 31.9 Å². The minimum absolute atomic E-state index is 0.0481. The fraction of sp³-hybridized carbons (Fsp3) is 0.462. The highest BCUT2D eigenvalue weighted by Crippen LogP contribution is 2.21. The number of ether oxygens (including phenoxy) is 1. The van der Waals surface area contributed by atoms with Crippen molar-refractivity contribution in [3.8, 4) is 0 Å². The van der Waals surface area contributed by atoms with Crippen LogP contribution in [0.3, 0.4) is 0 Å². The van der Waals surface area contributed by atoms with E-state index in [9.17, 15) is 13.6 Å². The highest BCUT2D eigenvalue weighted by atomic mass is 35.5. The molecule has 0 aliphatic carbocycles. The van der Waals surface area contributed by atoms with Crippen molar-refractivity contribution in [1.82, 2.24) is 5.32 Å². The molecule has 1 aromatic carbocycles. The summed E-state index contributed by atoms with van der Waals surface area (Å²) in [6.45, 7) is 2.48. The monoisotopic (exact) mass is 289 g/mol. The van der Waals surface area contributed by atoms with Crippen LogP contribution >= 0.6 is 11.6 Å². The van der Waals surface area contributed by atoms with E-state index in [2.05, 4.69) is 5.32 Å². The van der Waals surface area contributed by atoms with Gasteiger partial charge in [0.15, 0.2) is 11.6 Å². The standard InChI is InChI=1S/C13H14ClF2NO2/c1-7(12-3-2-4-19-12)17-13(18)8-5-10(15)11(16)6-9(8)14/h5-7,12H,2-4H2,1H3,(H,17,18)/t7-,12-/m1/s1. The van der Waals surface area contributed by atoms with Gasteiger partial charge in [-0.15, -0.1) is 0 Å². The molecule has 1 saturated heterocycles. The van der Waals surface area contributed by atoms with E-state index in [1.54, 1.807) is 0 Å². The Balaban J connectivity index is 2.09. The third-order valence-electron chi connectivity index (χ3n) is 3.14. The fourth-order valence-electron chi connectivity index (χ4n) is 2.07. The lowest BCUT2D eigenvalue weighted by Crippen LogP contribution is -2.41. The summed E-state index contributed by atoms with van der Waals surface area (Å²) in [4.78, 5) is 12.0. The quantitative estimate of drug-likeness (QED) is 0.869. The highest BCUT2D eigenvalue weighted by molar-refractivity contribution is 6.33. The van der Waals surface area contributed by atoms with E-state index < -0.39 is 17.5 Å². The Kier molecular flexibility index (Phi) is 4.37. The molecule has 0 saturated carbocycles. The van der Waals surface area contributed by atoms with Gasteiger partial charge in [0, 0.05) is 6.61 Å². The Morgan fingerprint density at radius 1 is 1.47 bits per heavy atom. The number of carbonyl (C=O) groups excluding carboxylic acids is 1. The van der Waals surface area contributed by atoms with Crippen molar-refractivity contribution in [3.63, 3.8) is 0 Å². The summed E-state index contributed by atoms with van der Waals surface area (Å²) in [5.74, 6) is -2.71. The average molecular weight is 290 g/mol. The first-order valence-electron chi connectivity index (χ1n) is 6.06. The molecule has 1 aromatic rings. The lowest BCUT2D eigenvalue weighted by molar-refractivity contribution is 0.0712. The summed E-state index contributed by atoms with van der Waals surface area (Å²) in [6, 6.07) is 1.39. The van der Waals surface area contributed by atoms with Gasteiger partial charge in [0.2, 0.25) is 0 Å². The van der Waals surface area contributed by atoms with Crippen LogP contribution in [0.15, 0.2) is 12.1 Å². The van der Waals surface area contributed by atoms with E-state index in [1.807, 2.05) is 6.92 Å². The molecule has 6 heteroatoms. The summed E-state index contributed by atoms with van der Waals surface area (Å²) in [5, 5.41) is 2.57. The van der Waals surface area contributed by atoms with Crippen molar-refractivity contribution in [2.24, 2.45) is 0 Å². The van der Waals surface area contributed by atoms with Crippen LogP contribution in [0.1, 0.15) is 30.1 Å². The summed E-state index contributed by atoms with van der Waals surface area (Å²) in [5.41, 5.74) is -0.0783.